The molecule has 1 fully saturated rings. The van der Waals surface area contributed by atoms with Crippen molar-refractivity contribution in [2.45, 2.75) is 12.8 Å². The number of carbonyl (C=O) groups excluding carboxylic acids is 2. The van der Waals surface area contributed by atoms with E-state index in [0.717, 1.165) is 8.61 Å². The number of hydrogen-bond donors (Lipinski definition) is 0. The lowest BCUT2D eigenvalue weighted by atomic mass is 10.4. The minimum Gasteiger partial charge on any atom is -0.469 e. The van der Waals surface area contributed by atoms with E-state index in [9.17, 15) is 18.0 Å². The third kappa shape index (κ3) is 4.15. The SMILES string of the molecule is COC(=O)CCN(C)S(=O)(=O)N1CCCN(C)C(=O)C1. The normalized spacial score (nSPS) is 18.2. The highest BCUT2D eigenvalue weighted by Crippen LogP contribution is 2.11. The second-order valence-electron chi connectivity index (χ2n) is 4.66. The van der Waals surface area contributed by atoms with Crippen LogP contribution in [0.5, 0.6) is 0 Å². The molecule has 0 aliphatic carbocycles. The minimum absolute atomic E-state index is 0.0199. The van der Waals surface area contributed by atoms with Crippen molar-refractivity contribution in [3.63, 3.8) is 0 Å². The molecular weight excluding hydrogens is 286 g/mol. The molecule has 0 spiro atoms. The zero-order chi connectivity index (χ0) is 15.3. The van der Waals surface area contributed by atoms with Gasteiger partial charge in [0, 0.05) is 33.7 Å². The first-order chi connectivity index (χ1) is 9.28. The van der Waals surface area contributed by atoms with E-state index in [4.69, 9.17) is 0 Å². The molecule has 1 amide bonds. The van der Waals surface area contributed by atoms with Crippen molar-refractivity contribution in [1.82, 2.24) is 13.5 Å². The van der Waals surface area contributed by atoms with Crippen LogP contribution in [0.1, 0.15) is 12.8 Å². The summed E-state index contributed by atoms with van der Waals surface area (Å²) < 4.78 is 31.3. The van der Waals surface area contributed by atoms with Crippen LogP contribution < -0.4 is 0 Å². The summed E-state index contributed by atoms with van der Waals surface area (Å²) >= 11 is 0. The molecule has 0 N–H and O–H groups in total. The Morgan fingerprint density at radius 3 is 2.65 bits per heavy atom. The molecule has 0 aromatic rings. The molecule has 1 heterocycles. The van der Waals surface area contributed by atoms with E-state index in [2.05, 4.69) is 4.74 Å². The van der Waals surface area contributed by atoms with Gasteiger partial charge in [-0.3, -0.25) is 9.59 Å². The molecule has 0 radical (unpaired) electrons. The molecule has 9 heteroatoms. The van der Waals surface area contributed by atoms with Crippen molar-refractivity contribution >= 4 is 22.1 Å². The highest BCUT2D eigenvalue weighted by atomic mass is 32.2. The van der Waals surface area contributed by atoms with Gasteiger partial charge in [0.05, 0.1) is 20.1 Å². The van der Waals surface area contributed by atoms with Gasteiger partial charge in [-0.2, -0.15) is 17.0 Å². The van der Waals surface area contributed by atoms with Crippen LogP contribution in [0.25, 0.3) is 0 Å². The van der Waals surface area contributed by atoms with Crippen LogP contribution in [0.2, 0.25) is 0 Å². The second kappa shape index (κ2) is 7.00. The molecule has 8 nitrogen and oxygen atoms in total. The summed E-state index contributed by atoms with van der Waals surface area (Å²) in [5.41, 5.74) is 0. The van der Waals surface area contributed by atoms with Gasteiger partial charge in [0.15, 0.2) is 0 Å². The van der Waals surface area contributed by atoms with E-state index < -0.39 is 16.2 Å². The van der Waals surface area contributed by atoms with Crippen LogP contribution in [0.3, 0.4) is 0 Å². The lowest BCUT2D eigenvalue weighted by Gasteiger charge is -2.25. The average Bonchev–Trinajstić information content (AvgIpc) is 2.58. The van der Waals surface area contributed by atoms with Crippen molar-refractivity contribution in [3.8, 4) is 0 Å². The standard InChI is InChI=1S/C11H21N3O5S/c1-12-6-4-7-14(9-10(12)15)20(17,18)13(2)8-5-11(16)19-3/h4-9H2,1-3H3. The predicted octanol–water partition coefficient (Wildman–Crippen LogP) is -1.11. The zero-order valence-electron chi connectivity index (χ0n) is 12.0. The predicted molar refractivity (Wildman–Crippen MR) is 72.0 cm³/mol. The second-order valence-corrected chi connectivity index (χ2v) is 6.69. The molecule has 1 aliphatic rings. The maximum atomic E-state index is 12.3. The monoisotopic (exact) mass is 307 g/mol. The Morgan fingerprint density at radius 2 is 2.05 bits per heavy atom. The summed E-state index contributed by atoms with van der Waals surface area (Å²) in [6.07, 6.45) is 0.570. The Morgan fingerprint density at radius 1 is 1.40 bits per heavy atom. The number of ether oxygens (including phenoxy) is 1. The minimum atomic E-state index is -3.73. The van der Waals surface area contributed by atoms with Crippen LogP contribution in [0, 0.1) is 0 Å². The summed E-state index contributed by atoms with van der Waals surface area (Å²) in [5.74, 6) is -0.703. The van der Waals surface area contributed by atoms with Gasteiger partial charge in [-0.1, -0.05) is 0 Å². The van der Waals surface area contributed by atoms with E-state index in [1.54, 1.807) is 7.05 Å². The number of methoxy groups -OCH3 is 1. The molecule has 0 bridgehead atoms. The van der Waals surface area contributed by atoms with E-state index in [1.807, 2.05) is 0 Å². The first kappa shape index (κ1) is 16.9. The molecule has 1 rings (SSSR count). The molecule has 0 unspecified atom stereocenters. The summed E-state index contributed by atoms with van der Waals surface area (Å²) in [6.45, 7) is 0.689. The van der Waals surface area contributed by atoms with Gasteiger partial charge in [0.1, 0.15) is 0 Å². The van der Waals surface area contributed by atoms with Crippen LogP contribution in [0.15, 0.2) is 0 Å². The number of nitrogens with zero attached hydrogens (tertiary/aromatic N) is 3. The van der Waals surface area contributed by atoms with E-state index >= 15 is 0 Å². The smallest absolute Gasteiger partial charge is 0.306 e. The van der Waals surface area contributed by atoms with Gasteiger partial charge in [-0.05, 0) is 6.42 Å². The average molecular weight is 307 g/mol. The Bertz CT molecular complexity index is 465. The van der Waals surface area contributed by atoms with Crippen molar-refractivity contribution < 1.29 is 22.7 Å². The van der Waals surface area contributed by atoms with Crippen LogP contribution >= 0.6 is 0 Å². The lowest BCUT2D eigenvalue weighted by Crippen LogP contribution is -2.45. The molecule has 0 aromatic heterocycles. The molecule has 0 aromatic carbocycles. The molecule has 1 aliphatic heterocycles. The molecule has 1 saturated heterocycles. The maximum absolute atomic E-state index is 12.3. The molecule has 116 valence electrons. The zero-order valence-corrected chi connectivity index (χ0v) is 12.9. The van der Waals surface area contributed by atoms with E-state index in [1.165, 1.54) is 19.1 Å². The van der Waals surface area contributed by atoms with Crippen LogP contribution in [-0.2, 0) is 24.5 Å². The quantitative estimate of drug-likeness (QED) is 0.601. The number of rotatable bonds is 5. The fourth-order valence-electron chi connectivity index (χ4n) is 1.82. The summed E-state index contributed by atoms with van der Waals surface area (Å²) in [6, 6.07) is 0. The molecular formula is C11H21N3O5S. The Labute approximate surface area is 119 Å². The topological polar surface area (TPSA) is 87.2 Å². The highest BCUT2D eigenvalue weighted by Gasteiger charge is 2.31. The van der Waals surface area contributed by atoms with Gasteiger partial charge >= 0.3 is 5.97 Å². The van der Waals surface area contributed by atoms with Gasteiger partial charge in [-0.15, -0.1) is 0 Å². The highest BCUT2D eigenvalue weighted by molar-refractivity contribution is 7.86. The largest absolute Gasteiger partial charge is 0.469 e. The Balaban J connectivity index is 2.71. The van der Waals surface area contributed by atoms with E-state index in [0.29, 0.717) is 19.5 Å². The van der Waals surface area contributed by atoms with E-state index in [-0.39, 0.29) is 25.4 Å². The van der Waals surface area contributed by atoms with Gasteiger partial charge < -0.3 is 9.64 Å². The fraction of sp³-hybridized carbons (Fsp3) is 0.818. The fourth-order valence-corrected chi connectivity index (χ4v) is 3.17. The summed E-state index contributed by atoms with van der Waals surface area (Å²) in [4.78, 5) is 24.3. The maximum Gasteiger partial charge on any atom is 0.306 e. The number of carbonyl (C=O) groups is 2. The van der Waals surface area contributed by atoms with Crippen LogP contribution in [-0.4, -0.2) is 81.2 Å². The third-order valence-electron chi connectivity index (χ3n) is 3.22. The number of amides is 1. The van der Waals surface area contributed by atoms with Gasteiger partial charge in [-0.25, -0.2) is 0 Å². The number of esters is 1. The Kier molecular flexibility index (Phi) is 5.90. The molecule has 20 heavy (non-hydrogen) atoms. The molecule has 0 saturated carbocycles. The summed E-state index contributed by atoms with van der Waals surface area (Å²) in [5, 5.41) is 0. The lowest BCUT2D eigenvalue weighted by molar-refractivity contribution is -0.140. The first-order valence-electron chi connectivity index (χ1n) is 6.31. The van der Waals surface area contributed by atoms with Gasteiger partial charge in [0.25, 0.3) is 10.2 Å². The summed E-state index contributed by atoms with van der Waals surface area (Å²) in [7, 11) is 0.554. The number of hydrogen-bond acceptors (Lipinski definition) is 5. The third-order valence-corrected chi connectivity index (χ3v) is 5.15. The van der Waals surface area contributed by atoms with Crippen LogP contribution in [0.4, 0.5) is 0 Å². The van der Waals surface area contributed by atoms with Crippen molar-refractivity contribution in [1.29, 1.82) is 0 Å². The van der Waals surface area contributed by atoms with Gasteiger partial charge in [0.2, 0.25) is 5.91 Å². The first-order valence-corrected chi connectivity index (χ1v) is 7.71. The van der Waals surface area contributed by atoms with Crippen molar-refractivity contribution in [2.75, 3.05) is 47.4 Å². The Hall–Kier alpha value is -1.19. The van der Waals surface area contributed by atoms with Crippen molar-refractivity contribution in [3.05, 3.63) is 0 Å². The number of likely N-dealkylation sites (N-methyl/N-ethyl adjacent to an activating group) is 1. The molecule has 0 atom stereocenters. The van der Waals surface area contributed by atoms with Crippen molar-refractivity contribution in [2.24, 2.45) is 0 Å².